The van der Waals surface area contributed by atoms with Crippen molar-refractivity contribution in [1.29, 1.82) is 0 Å². The van der Waals surface area contributed by atoms with Crippen molar-refractivity contribution in [2.24, 2.45) is 4.99 Å². The molecular formula is C18H16BrNO4. The second-order valence-corrected chi connectivity index (χ2v) is 6.57. The molecule has 1 aromatic carbocycles. The lowest BCUT2D eigenvalue weighted by atomic mass is 9.93. The molecule has 1 aromatic heterocycles. The van der Waals surface area contributed by atoms with E-state index in [9.17, 15) is 4.79 Å². The maximum Gasteiger partial charge on any atom is 0.203 e. The number of furan rings is 1. The number of Topliss-reactive ketones (excluding diaryl/α,β-unsaturated/α-hetero) is 1. The zero-order valence-electron chi connectivity index (χ0n) is 13.0. The molecular weight excluding hydrogens is 374 g/mol. The summed E-state index contributed by atoms with van der Waals surface area (Å²) in [6, 6.07) is 7.37. The average Bonchev–Trinajstić information content (AvgIpc) is 2.88. The molecule has 0 aliphatic carbocycles. The molecule has 4 rings (SSSR count). The third-order valence-corrected chi connectivity index (χ3v) is 4.57. The Kier molecular flexibility index (Phi) is 4.14. The Morgan fingerprint density at radius 2 is 1.96 bits per heavy atom. The Morgan fingerprint density at radius 3 is 2.71 bits per heavy atom. The van der Waals surface area contributed by atoms with E-state index in [1.165, 1.54) is 0 Å². The molecule has 2 aliphatic heterocycles. The molecule has 0 unspecified atom stereocenters. The topological polar surface area (TPSA) is 61.0 Å². The first kappa shape index (κ1) is 15.4. The van der Waals surface area contributed by atoms with Gasteiger partial charge in [0.1, 0.15) is 0 Å². The lowest BCUT2D eigenvalue weighted by Crippen LogP contribution is -2.17. The molecule has 0 saturated carbocycles. The molecule has 0 amide bonds. The lowest BCUT2D eigenvalue weighted by molar-refractivity contribution is 0.0973. The Balaban J connectivity index is 1.63. The fourth-order valence-electron chi connectivity index (χ4n) is 2.98. The fourth-order valence-corrected chi connectivity index (χ4v) is 3.28. The summed E-state index contributed by atoms with van der Waals surface area (Å²) in [5.41, 5.74) is 2.91. The van der Waals surface area contributed by atoms with Crippen LogP contribution in [0.15, 0.2) is 38.3 Å². The minimum absolute atomic E-state index is 0.0839. The van der Waals surface area contributed by atoms with E-state index in [1.807, 2.05) is 12.1 Å². The number of nitrogens with zero attached hydrogens (tertiary/aromatic N) is 1. The van der Waals surface area contributed by atoms with Gasteiger partial charge in [0.05, 0.1) is 25.3 Å². The van der Waals surface area contributed by atoms with Gasteiger partial charge in [-0.1, -0.05) is 0 Å². The highest BCUT2D eigenvalue weighted by Crippen LogP contribution is 2.35. The van der Waals surface area contributed by atoms with Crippen LogP contribution in [-0.2, 0) is 6.42 Å². The highest BCUT2D eigenvalue weighted by molar-refractivity contribution is 9.10. The van der Waals surface area contributed by atoms with Gasteiger partial charge in [0.15, 0.2) is 21.9 Å². The van der Waals surface area contributed by atoms with E-state index in [4.69, 9.17) is 13.9 Å². The number of aliphatic imine (C=N–C) groups is 1. The van der Waals surface area contributed by atoms with Gasteiger partial charge in [-0.3, -0.25) is 9.79 Å². The van der Waals surface area contributed by atoms with Crippen LogP contribution >= 0.6 is 15.9 Å². The van der Waals surface area contributed by atoms with Crippen molar-refractivity contribution in [2.75, 3.05) is 19.8 Å². The van der Waals surface area contributed by atoms with Crippen LogP contribution in [0.1, 0.15) is 34.5 Å². The molecule has 6 heteroatoms. The van der Waals surface area contributed by atoms with E-state index in [1.54, 1.807) is 12.1 Å². The van der Waals surface area contributed by atoms with Crippen LogP contribution in [0.3, 0.4) is 0 Å². The van der Waals surface area contributed by atoms with Gasteiger partial charge in [0.25, 0.3) is 0 Å². The fraction of sp³-hybridized carbons (Fsp3) is 0.333. The molecule has 24 heavy (non-hydrogen) atoms. The normalized spacial score (nSPS) is 16.1. The zero-order chi connectivity index (χ0) is 16.5. The summed E-state index contributed by atoms with van der Waals surface area (Å²) in [5.74, 6) is 1.77. The maximum atomic E-state index is 12.4. The van der Waals surface area contributed by atoms with Crippen molar-refractivity contribution in [3.63, 3.8) is 0 Å². The van der Waals surface area contributed by atoms with Crippen LogP contribution in [-0.4, -0.2) is 31.3 Å². The Morgan fingerprint density at radius 1 is 1.17 bits per heavy atom. The number of benzene rings is 1. The first-order valence-electron chi connectivity index (χ1n) is 7.95. The first-order valence-corrected chi connectivity index (χ1v) is 8.75. The molecule has 0 bridgehead atoms. The summed E-state index contributed by atoms with van der Waals surface area (Å²) in [5, 5.41) is 0. The molecule has 0 saturated heterocycles. The van der Waals surface area contributed by atoms with Crippen molar-refractivity contribution < 1.29 is 18.7 Å². The quantitative estimate of drug-likeness (QED) is 0.748. The predicted octanol–water partition coefficient (Wildman–Crippen LogP) is 3.82. The average molecular weight is 390 g/mol. The molecule has 124 valence electrons. The smallest absolute Gasteiger partial charge is 0.203 e. The maximum absolute atomic E-state index is 12.4. The van der Waals surface area contributed by atoms with E-state index < -0.39 is 0 Å². The van der Waals surface area contributed by atoms with E-state index in [2.05, 4.69) is 20.9 Å². The van der Waals surface area contributed by atoms with Crippen LogP contribution < -0.4 is 9.47 Å². The number of halogens is 1. The van der Waals surface area contributed by atoms with Gasteiger partial charge >= 0.3 is 0 Å². The van der Waals surface area contributed by atoms with E-state index in [-0.39, 0.29) is 12.2 Å². The summed E-state index contributed by atoms with van der Waals surface area (Å²) < 4.78 is 17.4. The largest absolute Gasteiger partial charge is 0.490 e. The monoisotopic (exact) mass is 389 g/mol. The third kappa shape index (κ3) is 2.98. The molecule has 0 atom stereocenters. The van der Waals surface area contributed by atoms with Gasteiger partial charge in [0.2, 0.25) is 5.78 Å². The van der Waals surface area contributed by atoms with Crippen molar-refractivity contribution in [1.82, 2.24) is 0 Å². The second kappa shape index (κ2) is 6.43. The highest BCUT2D eigenvalue weighted by Gasteiger charge is 2.23. The van der Waals surface area contributed by atoms with Crippen LogP contribution in [0.2, 0.25) is 0 Å². The summed E-state index contributed by atoms with van der Waals surface area (Å²) in [6.45, 7) is 1.98. The number of fused-ring (bicyclic) bond motifs is 2. The minimum atomic E-state index is -0.0839. The van der Waals surface area contributed by atoms with E-state index in [0.29, 0.717) is 30.2 Å². The highest BCUT2D eigenvalue weighted by atomic mass is 79.9. The third-order valence-electron chi connectivity index (χ3n) is 4.14. The SMILES string of the molecule is O=C(CC1=NCCc2cc3c(cc21)OCCCO3)c1ccc(Br)o1. The number of rotatable bonds is 3. The van der Waals surface area contributed by atoms with Crippen LogP contribution in [0, 0.1) is 0 Å². The first-order chi connectivity index (χ1) is 11.7. The Bertz CT molecular complexity index is 824. The van der Waals surface area contributed by atoms with Crippen LogP contribution in [0.25, 0.3) is 0 Å². The molecule has 2 aliphatic rings. The van der Waals surface area contributed by atoms with Crippen molar-refractivity contribution in [2.45, 2.75) is 19.3 Å². The number of ketones is 1. The van der Waals surface area contributed by atoms with Gasteiger partial charge in [-0.2, -0.15) is 0 Å². The van der Waals surface area contributed by atoms with Gasteiger partial charge in [-0.15, -0.1) is 0 Å². The number of carbonyl (C=O) groups is 1. The zero-order valence-corrected chi connectivity index (χ0v) is 14.6. The molecule has 2 aromatic rings. The molecule has 3 heterocycles. The number of hydrogen-bond donors (Lipinski definition) is 0. The number of carbonyl (C=O) groups excluding carboxylic acids is 1. The van der Waals surface area contributed by atoms with Gasteiger partial charge in [-0.25, -0.2) is 0 Å². The van der Waals surface area contributed by atoms with Crippen molar-refractivity contribution >= 4 is 27.4 Å². The molecule has 0 N–H and O–H groups in total. The van der Waals surface area contributed by atoms with Crippen LogP contribution in [0.5, 0.6) is 11.5 Å². The van der Waals surface area contributed by atoms with E-state index >= 15 is 0 Å². The molecule has 5 nitrogen and oxygen atoms in total. The summed E-state index contributed by atoms with van der Waals surface area (Å²) in [7, 11) is 0. The lowest BCUT2D eigenvalue weighted by Gasteiger charge is -2.19. The van der Waals surface area contributed by atoms with Crippen LogP contribution in [0.4, 0.5) is 0 Å². The minimum Gasteiger partial charge on any atom is -0.490 e. The molecule has 0 fully saturated rings. The van der Waals surface area contributed by atoms with Crippen molar-refractivity contribution in [3.8, 4) is 11.5 Å². The van der Waals surface area contributed by atoms with Gasteiger partial charge < -0.3 is 13.9 Å². The van der Waals surface area contributed by atoms with Gasteiger partial charge in [-0.05, 0) is 52.2 Å². The second-order valence-electron chi connectivity index (χ2n) is 5.79. The van der Waals surface area contributed by atoms with E-state index in [0.717, 1.165) is 41.2 Å². The summed E-state index contributed by atoms with van der Waals surface area (Å²) >= 11 is 3.22. The number of hydrogen-bond acceptors (Lipinski definition) is 5. The van der Waals surface area contributed by atoms with Gasteiger partial charge in [0, 0.05) is 18.5 Å². The Hall–Kier alpha value is -2.08. The molecule has 0 spiro atoms. The summed E-state index contributed by atoms with van der Waals surface area (Å²) in [6.07, 6.45) is 1.93. The molecule has 0 radical (unpaired) electrons. The predicted molar refractivity (Wildman–Crippen MR) is 92.5 cm³/mol. The standard InChI is InChI=1S/C18H16BrNO4/c19-18-3-2-15(24-18)14(21)10-13-12-9-17-16(22-6-1-7-23-17)8-11(12)4-5-20-13/h2-3,8-9H,1,4-7,10H2. The number of ether oxygens (including phenoxy) is 2. The summed E-state index contributed by atoms with van der Waals surface area (Å²) in [4.78, 5) is 17.0. The van der Waals surface area contributed by atoms with Crippen molar-refractivity contribution in [3.05, 3.63) is 45.8 Å². The Labute approximate surface area is 147 Å².